The molecule has 5 rings (SSSR count). The van der Waals surface area contributed by atoms with Crippen LogP contribution in [0.3, 0.4) is 0 Å². The van der Waals surface area contributed by atoms with Crippen molar-refractivity contribution in [2.45, 2.75) is 38.3 Å². The predicted molar refractivity (Wildman–Crippen MR) is 134 cm³/mol. The third-order valence-corrected chi connectivity index (χ3v) is 7.63. The quantitative estimate of drug-likeness (QED) is 0.623. The van der Waals surface area contributed by atoms with E-state index in [-0.39, 0.29) is 37.1 Å². The fraction of sp³-hybridized carbons (Fsp3) is 0.444. The first-order chi connectivity index (χ1) is 17.3. The molecule has 2 fully saturated rings. The monoisotopic (exact) mass is 492 g/mol. The van der Waals surface area contributed by atoms with Crippen molar-refractivity contribution in [2.24, 2.45) is 5.92 Å². The van der Waals surface area contributed by atoms with E-state index < -0.39 is 5.54 Å². The van der Waals surface area contributed by atoms with Crippen molar-refractivity contribution in [1.82, 2.24) is 15.1 Å². The molecule has 2 aromatic carbocycles. The zero-order valence-corrected chi connectivity index (χ0v) is 21.0. The lowest BCUT2D eigenvalue weighted by molar-refractivity contribution is -0.134. The van der Waals surface area contributed by atoms with E-state index in [0.717, 1.165) is 11.3 Å². The summed E-state index contributed by atoms with van der Waals surface area (Å²) in [6, 6.07) is 12.7. The van der Waals surface area contributed by atoms with Crippen LogP contribution in [0.15, 0.2) is 42.5 Å². The number of rotatable bonds is 6. The van der Waals surface area contributed by atoms with Gasteiger partial charge in [-0.25, -0.2) is 4.79 Å². The van der Waals surface area contributed by atoms with Crippen molar-refractivity contribution in [2.75, 3.05) is 38.9 Å². The number of piperidine rings is 1. The molecule has 0 unspecified atom stereocenters. The Balaban J connectivity index is 1.28. The number of carbonyl (C=O) groups is 3. The number of hydrogen-bond acceptors (Lipinski definition) is 6. The van der Waals surface area contributed by atoms with Gasteiger partial charge in [0.2, 0.25) is 6.79 Å². The van der Waals surface area contributed by atoms with Crippen LogP contribution in [0, 0.1) is 5.92 Å². The molecule has 0 aromatic heterocycles. The Hall–Kier alpha value is -3.75. The minimum Gasteiger partial charge on any atom is -0.454 e. The van der Waals surface area contributed by atoms with Gasteiger partial charge in [-0.15, -0.1) is 0 Å². The smallest absolute Gasteiger partial charge is 0.325 e. The molecule has 1 atom stereocenters. The Morgan fingerprint density at radius 3 is 2.53 bits per heavy atom. The average molecular weight is 493 g/mol. The molecule has 2 aromatic rings. The summed E-state index contributed by atoms with van der Waals surface area (Å²) in [5, 5.41) is 3.03. The van der Waals surface area contributed by atoms with E-state index in [4.69, 9.17) is 9.47 Å². The molecular formula is C27H32N4O5. The van der Waals surface area contributed by atoms with Crippen LogP contribution in [-0.2, 0) is 11.3 Å². The average Bonchev–Trinajstić information content (AvgIpc) is 3.46. The summed E-state index contributed by atoms with van der Waals surface area (Å²) in [7, 11) is 3.85. The Kier molecular flexibility index (Phi) is 6.24. The molecule has 9 heteroatoms. The topological polar surface area (TPSA) is 91.4 Å². The molecule has 0 spiro atoms. The molecular weight excluding hydrogens is 460 g/mol. The Bertz CT molecular complexity index is 1190. The minimum atomic E-state index is -0.954. The van der Waals surface area contributed by atoms with Crippen molar-refractivity contribution < 1.29 is 23.9 Å². The first kappa shape index (κ1) is 24.0. The summed E-state index contributed by atoms with van der Waals surface area (Å²) in [4.78, 5) is 45.0. The second-order valence-corrected chi connectivity index (χ2v) is 9.81. The van der Waals surface area contributed by atoms with Crippen LogP contribution in [-0.4, -0.2) is 67.2 Å². The largest absolute Gasteiger partial charge is 0.454 e. The predicted octanol–water partition coefficient (Wildman–Crippen LogP) is 3.23. The maximum Gasteiger partial charge on any atom is 0.325 e. The zero-order valence-electron chi connectivity index (χ0n) is 21.0. The summed E-state index contributed by atoms with van der Waals surface area (Å²) in [5.74, 6) is 1.03. The highest BCUT2D eigenvalue weighted by Crippen LogP contribution is 2.38. The number of anilines is 1. The van der Waals surface area contributed by atoms with Crippen molar-refractivity contribution in [3.8, 4) is 11.5 Å². The van der Waals surface area contributed by atoms with E-state index in [2.05, 4.69) is 5.32 Å². The number of hydrogen-bond donors (Lipinski definition) is 1. The van der Waals surface area contributed by atoms with Crippen LogP contribution < -0.4 is 19.7 Å². The molecule has 0 radical (unpaired) electrons. The molecule has 0 bridgehead atoms. The van der Waals surface area contributed by atoms with E-state index in [0.29, 0.717) is 49.4 Å². The summed E-state index contributed by atoms with van der Waals surface area (Å²) >= 11 is 0. The van der Waals surface area contributed by atoms with E-state index >= 15 is 0 Å². The van der Waals surface area contributed by atoms with Gasteiger partial charge in [0.05, 0.1) is 12.1 Å². The number of benzene rings is 2. The van der Waals surface area contributed by atoms with Gasteiger partial charge in [-0.3, -0.25) is 14.5 Å². The number of likely N-dealkylation sites (tertiary alicyclic amines) is 1. The van der Waals surface area contributed by atoms with Gasteiger partial charge >= 0.3 is 6.03 Å². The molecule has 1 N–H and O–H groups in total. The molecule has 3 aliphatic rings. The number of para-hydroxylation sites is 1. The lowest BCUT2D eigenvalue weighted by Crippen LogP contribution is -2.56. The number of fused-ring (bicyclic) bond motifs is 1. The second-order valence-electron chi connectivity index (χ2n) is 9.81. The number of ether oxygens (including phenoxy) is 2. The van der Waals surface area contributed by atoms with Gasteiger partial charge in [0, 0.05) is 32.9 Å². The number of nitrogens with zero attached hydrogens (tertiary/aromatic N) is 3. The highest BCUT2D eigenvalue weighted by molar-refractivity contribution is 6.07. The van der Waals surface area contributed by atoms with E-state index in [1.165, 1.54) is 4.90 Å². The fourth-order valence-corrected chi connectivity index (χ4v) is 5.61. The molecule has 2 saturated heterocycles. The van der Waals surface area contributed by atoms with E-state index in [1.54, 1.807) is 6.07 Å². The number of amides is 4. The number of nitrogens with one attached hydrogen (secondary N) is 1. The van der Waals surface area contributed by atoms with Crippen molar-refractivity contribution in [3.05, 3.63) is 53.6 Å². The van der Waals surface area contributed by atoms with E-state index in [9.17, 15) is 14.4 Å². The van der Waals surface area contributed by atoms with Gasteiger partial charge in [-0.1, -0.05) is 25.1 Å². The Morgan fingerprint density at radius 1 is 1.08 bits per heavy atom. The standard InChI is InChI=1S/C27H32N4O5/c1-4-27(19-11-13-30(14-12-19)24(32)20-7-5-6-8-21(20)29(2)3)25(33)31(26(34)28-27)16-18-9-10-22-23(15-18)36-17-35-22/h5-10,15,19H,4,11-14,16-17H2,1-3H3,(H,28,34)/t27-/m1/s1. The van der Waals surface area contributed by atoms with Gasteiger partial charge in [0.1, 0.15) is 5.54 Å². The van der Waals surface area contributed by atoms with E-state index in [1.807, 2.05) is 67.2 Å². The molecule has 36 heavy (non-hydrogen) atoms. The zero-order chi connectivity index (χ0) is 25.4. The van der Waals surface area contributed by atoms with Crippen molar-refractivity contribution >= 4 is 23.5 Å². The van der Waals surface area contributed by atoms with Gasteiger partial charge < -0.3 is 24.6 Å². The Labute approximate surface area is 210 Å². The third-order valence-electron chi connectivity index (χ3n) is 7.63. The molecule has 0 saturated carbocycles. The molecule has 190 valence electrons. The Morgan fingerprint density at radius 2 is 1.81 bits per heavy atom. The highest BCUT2D eigenvalue weighted by Gasteiger charge is 2.55. The normalized spacial score (nSPS) is 21.6. The SMILES string of the molecule is CC[C@]1(C2CCN(C(=O)c3ccccc3N(C)C)CC2)NC(=O)N(Cc2ccc3c(c2)OCO3)C1=O. The van der Waals surface area contributed by atoms with Gasteiger partial charge in [0.25, 0.3) is 11.8 Å². The molecule has 4 amide bonds. The lowest BCUT2D eigenvalue weighted by atomic mass is 9.75. The second kappa shape index (κ2) is 9.37. The highest BCUT2D eigenvalue weighted by atomic mass is 16.7. The minimum absolute atomic E-state index is 0.00508. The van der Waals surface area contributed by atoms with Crippen LogP contribution >= 0.6 is 0 Å². The number of urea groups is 1. The van der Waals surface area contributed by atoms with Crippen LogP contribution in [0.25, 0.3) is 0 Å². The van der Waals surface area contributed by atoms with Gasteiger partial charge in [-0.05, 0) is 55.0 Å². The summed E-state index contributed by atoms with van der Waals surface area (Å²) in [6.07, 6.45) is 1.79. The first-order valence-corrected chi connectivity index (χ1v) is 12.4. The number of imide groups is 1. The fourth-order valence-electron chi connectivity index (χ4n) is 5.61. The van der Waals surface area contributed by atoms with Crippen LogP contribution in [0.2, 0.25) is 0 Å². The maximum absolute atomic E-state index is 13.7. The number of carbonyl (C=O) groups excluding carboxylic acids is 3. The van der Waals surface area contributed by atoms with Crippen LogP contribution in [0.5, 0.6) is 11.5 Å². The van der Waals surface area contributed by atoms with Gasteiger partial charge in [0.15, 0.2) is 11.5 Å². The first-order valence-electron chi connectivity index (χ1n) is 12.4. The lowest BCUT2D eigenvalue weighted by Gasteiger charge is -2.40. The molecule has 0 aliphatic carbocycles. The summed E-state index contributed by atoms with van der Waals surface area (Å²) in [6.45, 7) is 3.36. The van der Waals surface area contributed by atoms with Gasteiger partial charge in [-0.2, -0.15) is 0 Å². The van der Waals surface area contributed by atoms with Crippen molar-refractivity contribution in [1.29, 1.82) is 0 Å². The third kappa shape index (κ3) is 4.02. The summed E-state index contributed by atoms with van der Waals surface area (Å²) < 4.78 is 10.8. The van der Waals surface area contributed by atoms with Crippen LogP contribution in [0.1, 0.15) is 42.1 Å². The maximum atomic E-state index is 13.7. The van der Waals surface area contributed by atoms with Crippen LogP contribution in [0.4, 0.5) is 10.5 Å². The van der Waals surface area contributed by atoms with Crippen molar-refractivity contribution in [3.63, 3.8) is 0 Å². The molecule has 3 aliphatic heterocycles. The molecule has 3 heterocycles. The molecule has 9 nitrogen and oxygen atoms in total. The summed E-state index contributed by atoms with van der Waals surface area (Å²) in [5.41, 5.74) is 1.40.